The van der Waals surface area contributed by atoms with Crippen molar-refractivity contribution in [1.82, 2.24) is 15.0 Å². The number of aromatic amines is 1. The van der Waals surface area contributed by atoms with Crippen molar-refractivity contribution in [3.63, 3.8) is 0 Å². The van der Waals surface area contributed by atoms with E-state index in [0.717, 1.165) is 16.5 Å². The van der Waals surface area contributed by atoms with Gasteiger partial charge in [-0.15, -0.1) is 0 Å². The lowest BCUT2D eigenvalue weighted by atomic mass is 10.1. The van der Waals surface area contributed by atoms with E-state index in [1.54, 1.807) is 31.0 Å². The van der Waals surface area contributed by atoms with Crippen LogP contribution in [0.1, 0.15) is 5.56 Å². The van der Waals surface area contributed by atoms with Crippen LogP contribution in [0.3, 0.4) is 0 Å². The van der Waals surface area contributed by atoms with Gasteiger partial charge in [0.15, 0.2) is 0 Å². The fraction of sp³-hybridized carbons (Fsp3) is 0.0625. The maximum atomic E-state index is 8.78. The third-order valence-electron chi connectivity index (χ3n) is 2.43. The van der Waals surface area contributed by atoms with Gasteiger partial charge >= 0.3 is 6.09 Å². The minimum Gasteiger partial charge on any atom is -0.465 e. The maximum absolute atomic E-state index is 8.78. The number of pyridine rings is 1. The molecule has 23 heavy (non-hydrogen) atoms. The van der Waals surface area contributed by atoms with Gasteiger partial charge in [0.1, 0.15) is 0 Å². The summed E-state index contributed by atoms with van der Waals surface area (Å²) in [7, 11) is 0. The number of nitrogens with one attached hydrogen (secondary N) is 1. The first-order valence-electron chi connectivity index (χ1n) is 6.67. The van der Waals surface area contributed by atoms with E-state index in [-0.39, 0.29) is 6.61 Å². The highest BCUT2D eigenvalue weighted by Gasteiger charge is 1.93. The summed E-state index contributed by atoms with van der Waals surface area (Å²) >= 11 is 0. The van der Waals surface area contributed by atoms with Crippen LogP contribution in [0.25, 0.3) is 17.0 Å². The highest BCUT2D eigenvalue weighted by Crippen LogP contribution is 2.13. The van der Waals surface area contributed by atoms with Gasteiger partial charge in [0.05, 0.1) is 18.5 Å². The van der Waals surface area contributed by atoms with Crippen molar-refractivity contribution in [1.29, 1.82) is 0 Å². The number of hydrogen-bond donors (Lipinski definition) is 4. The summed E-state index contributed by atoms with van der Waals surface area (Å²) in [6.07, 6.45) is 9.11. The number of amides is 1. The van der Waals surface area contributed by atoms with Crippen molar-refractivity contribution in [2.75, 3.05) is 6.61 Å². The smallest absolute Gasteiger partial charge is 0.402 e. The molecule has 2 aromatic heterocycles. The predicted octanol–water partition coefficient (Wildman–Crippen LogP) is 2.27. The molecule has 0 fully saturated rings. The van der Waals surface area contributed by atoms with Crippen LogP contribution in [0.5, 0.6) is 0 Å². The molecule has 7 nitrogen and oxygen atoms in total. The van der Waals surface area contributed by atoms with E-state index < -0.39 is 6.09 Å². The lowest BCUT2D eigenvalue weighted by Gasteiger charge is -1.97. The van der Waals surface area contributed by atoms with Crippen LogP contribution in [-0.2, 0) is 0 Å². The summed E-state index contributed by atoms with van der Waals surface area (Å²) in [5, 5.41) is 16.9. The first-order valence-corrected chi connectivity index (χ1v) is 6.67. The van der Waals surface area contributed by atoms with Gasteiger partial charge in [0.25, 0.3) is 0 Å². The summed E-state index contributed by atoms with van der Waals surface area (Å²) in [6.45, 7) is 0.0623. The van der Waals surface area contributed by atoms with Gasteiger partial charge in [-0.3, -0.25) is 4.98 Å². The third kappa shape index (κ3) is 7.98. The van der Waals surface area contributed by atoms with Crippen LogP contribution in [0.15, 0.2) is 61.3 Å². The number of imidazole rings is 1. The minimum atomic E-state index is -1.33. The van der Waals surface area contributed by atoms with Crippen LogP contribution >= 0.6 is 0 Å². The molecular weight excluding hydrogens is 296 g/mol. The summed E-state index contributed by atoms with van der Waals surface area (Å²) in [5.74, 6) is 0. The fourth-order valence-corrected chi connectivity index (χ4v) is 1.58. The number of primary amides is 1. The molecule has 0 spiro atoms. The van der Waals surface area contributed by atoms with Gasteiger partial charge in [-0.25, -0.2) is 9.78 Å². The number of benzene rings is 1. The third-order valence-corrected chi connectivity index (χ3v) is 2.43. The van der Waals surface area contributed by atoms with E-state index >= 15 is 0 Å². The standard InChI is InChI=1S/C12H11NO.C3H4N2.CH3NO2/c14-7-3-4-10-8-11-5-1-2-6-12(11)13-9-10;1-2-5-3-4-1;2-1(3)4/h1-6,8-9,14H,7H2;1-3H,(H,4,5);2H2,(H,3,4)/b4-3+;;. The lowest BCUT2D eigenvalue weighted by molar-refractivity contribution is 0.205. The Kier molecular flexibility index (Phi) is 8.17. The van der Waals surface area contributed by atoms with Crippen molar-refractivity contribution in [3.8, 4) is 0 Å². The number of hydrogen-bond acceptors (Lipinski definition) is 4. The summed E-state index contributed by atoms with van der Waals surface area (Å²) < 4.78 is 0. The van der Waals surface area contributed by atoms with Gasteiger partial charge in [-0.05, 0) is 17.7 Å². The molecule has 3 aromatic rings. The van der Waals surface area contributed by atoms with Gasteiger partial charge < -0.3 is 20.9 Å². The van der Waals surface area contributed by atoms with Gasteiger partial charge in [-0.2, -0.15) is 0 Å². The van der Waals surface area contributed by atoms with E-state index in [9.17, 15) is 0 Å². The molecule has 5 N–H and O–H groups in total. The second-order valence-electron chi connectivity index (χ2n) is 4.15. The molecular formula is C16H18N4O3. The topological polar surface area (TPSA) is 125 Å². The Morgan fingerprint density at radius 3 is 2.65 bits per heavy atom. The van der Waals surface area contributed by atoms with E-state index in [2.05, 4.69) is 26.8 Å². The summed E-state index contributed by atoms with van der Waals surface area (Å²) in [4.78, 5) is 19.5. The first-order chi connectivity index (χ1) is 11.1. The van der Waals surface area contributed by atoms with Crippen molar-refractivity contribution in [3.05, 3.63) is 66.9 Å². The number of aliphatic hydroxyl groups excluding tert-OH is 1. The molecule has 3 rings (SSSR count). The monoisotopic (exact) mass is 314 g/mol. The van der Waals surface area contributed by atoms with Crippen molar-refractivity contribution >= 4 is 23.1 Å². The Labute approximate surface area is 133 Å². The zero-order valence-electron chi connectivity index (χ0n) is 12.3. The average molecular weight is 314 g/mol. The summed E-state index contributed by atoms with van der Waals surface area (Å²) in [6, 6.07) is 10.0. The number of para-hydroxylation sites is 1. The number of carbonyl (C=O) groups is 1. The zero-order valence-corrected chi connectivity index (χ0v) is 12.3. The molecule has 1 amide bonds. The van der Waals surface area contributed by atoms with Crippen molar-refractivity contribution < 1.29 is 15.0 Å². The van der Waals surface area contributed by atoms with Crippen LogP contribution in [0, 0.1) is 0 Å². The molecule has 0 radical (unpaired) electrons. The van der Waals surface area contributed by atoms with Crippen LogP contribution in [-0.4, -0.2) is 37.9 Å². The highest BCUT2D eigenvalue weighted by molar-refractivity contribution is 5.80. The van der Waals surface area contributed by atoms with Crippen LogP contribution in [0.4, 0.5) is 4.79 Å². The first kappa shape index (κ1) is 17.9. The number of nitrogens with zero attached hydrogens (tertiary/aromatic N) is 2. The van der Waals surface area contributed by atoms with Crippen LogP contribution < -0.4 is 5.73 Å². The number of carboxylic acid groups (broad SMARTS) is 1. The molecule has 0 saturated heterocycles. The number of rotatable bonds is 2. The zero-order chi connectivity index (χ0) is 16.9. The molecule has 1 aromatic carbocycles. The molecule has 0 unspecified atom stereocenters. The van der Waals surface area contributed by atoms with E-state index in [4.69, 9.17) is 15.0 Å². The Bertz CT molecular complexity index is 706. The number of fused-ring (bicyclic) bond motifs is 1. The second kappa shape index (κ2) is 10.5. The Morgan fingerprint density at radius 1 is 1.35 bits per heavy atom. The minimum absolute atomic E-state index is 0.0623. The van der Waals surface area contributed by atoms with E-state index in [1.807, 2.05) is 30.3 Å². The molecule has 0 saturated carbocycles. The van der Waals surface area contributed by atoms with E-state index in [0.29, 0.717) is 0 Å². The molecule has 0 aliphatic rings. The van der Waals surface area contributed by atoms with Gasteiger partial charge in [-0.1, -0.05) is 30.4 Å². The highest BCUT2D eigenvalue weighted by atomic mass is 16.4. The van der Waals surface area contributed by atoms with Gasteiger partial charge in [0, 0.05) is 24.0 Å². The normalized spacial score (nSPS) is 9.61. The molecule has 120 valence electrons. The lowest BCUT2D eigenvalue weighted by Crippen LogP contribution is -2.03. The van der Waals surface area contributed by atoms with E-state index in [1.165, 1.54) is 0 Å². The molecule has 0 aliphatic carbocycles. The molecule has 0 aliphatic heterocycles. The molecule has 0 bridgehead atoms. The van der Waals surface area contributed by atoms with Crippen molar-refractivity contribution in [2.45, 2.75) is 0 Å². The molecule has 2 heterocycles. The SMILES string of the molecule is NC(=O)O.OC/C=C/c1cnc2ccccc2c1.c1c[nH]cn1. The Morgan fingerprint density at radius 2 is 2.09 bits per heavy atom. The second-order valence-corrected chi connectivity index (χ2v) is 4.15. The molecule has 0 atom stereocenters. The van der Waals surface area contributed by atoms with Crippen LogP contribution in [0.2, 0.25) is 0 Å². The Hall–Kier alpha value is -3.19. The average Bonchev–Trinajstić information content (AvgIpc) is 3.12. The summed E-state index contributed by atoms with van der Waals surface area (Å²) in [5.41, 5.74) is 6.03. The quantitative estimate of drug-likeness (QED) is 0.577. The number of aliphatic hydroxyl groups is 1. The predicted molar refractivity (Wildman–Crippen MR) is 88.7 cm³/mol. The van der Waals surface area contributed by atoms with Gasteiger partial charge in [0.2, 0.25) is 0 Å². The number of aromatic nitrogens is 3. The Balaban J connectivity index is 0.000000242. The molecule has 7 heteroatoms. The number of nitrogens with two attached hydrogens (primary N) is 1. The van der Waals surface area contributed by atoms with Crippen molar-refractivity contribution in [2.24, 2.45) is 5.73 Å². The largest absolute Gasteiger partial charge is 0.465 e. The maximum Gasteiger partial charge on any atom is 0.402 e. The fourth-order valence-electron chi connectivity index (χ4n) is 1.58. The number of H-pyrrole nitrogens is 1.